The summed E-state index contributed by atoms with van der Waals surface area (Å²) in [5.74, 6) is 1.21. The summed E-state index contributed by atoms with van der Waals surface area (Å²) < 4.78 is 11.8. The van der Waals surface area contributed by atoms with Crippen LogP contribution >= 0.6 is 22.9 Å². The molecule has 1 atom stereocenters. The molecule has 4 rings (SSSR count). The van der Waals surface area contributed by atoms with Crippen LogP contribution in [0, 0.1) is 0 Å². The van der Waals surface area contributed by atoms with Gasteiger partial charge in [-0.25, -0.2) is 9.97 Å². The van der Waals surface area contributed by atoms with Crippen LogP contribution in [0.15, 0.2) is 36.0 Å². The minimum atomic E-state index is -1.27. The molecule has 1 fully saturated rings. The first-order chi connectivity index (χ1) is 14.9. The number of aromatic nitrogens is 3. The molecule has 3 aromatic rings. The molecule has 31 heavy (non-hydrogen) atoms. The molecule has 10 heteroatoms. The number of ether oxygens (including phenoxy) is 2. The molecule has 1 saturated heterocycles. The number of anilines is 3. The Balaban J connectivity index is 1.77. The average Bonchev–Trinajstić information content (AvgIpc) is 3.32. The number of nitrogens with zero attached hydrogens (tertiary/aromatic N) is 4. The fraction of sp³-hybridized carbons (Fsp3) is 0.381. The number of nitrogen functional groups attached to an aromatic ring is 1. The van der Waals surface area contributed by atoms with E-state index in [1.54, 1.807) is 18.0 Å². The van der Waals surface area contributed by atoms with E-state index in [4.69, 9.17) is 26.8 Å². The summed E-state index contributed by atoms with van der Waals surface area (Å²) in [6, 6.07) is 5.57. The maximum absolute atomic E-state index is 11.2. The van der Waals surface area contributed by atoms with Gasteiger partial charge in [0.05, 0.1) is 25.1 Å². The summed E-state index contributed by atoms with van der Waals surface area (Å²) in [4.78, 5) is 14.3. The van der Waals surface area contributed by atoms with Gasteiger partial charge < -0.3 is 25.2 Å². The van der Waals surface area contributed by atoms with Crippen LogP contribution < -0.4 is 15.4 Å². The first-order valence-corrected chi connectivity index (χ1v) is 11.1. The number of thiazole rings is 1. The zero-order valence-corrected chi connectivity index (χ0v) is 18.9. The van der Waals surface area contributed by atoms with Crippen LogP contribution in [0.3, 0.4) is 0 Å². The predicted molar refractivity (Wildman–Crippen MR) is 121 cm³/mol. The van der Waals surface area contributed by atoms with Gasteiger partial charge in [-0.15, -0.1) is 11.3 Å². The molecule has 0 radical (unpaired) electrons. The van der Waals surface area contributed by atoms with Crippen LogP contribution in [0.25, 0.3) is 0 Å². The molecule has 3 heterocycles. The van der Waals surface area contributed by atoms with Crippen LogP contribution in [-0.2, 0) is 10.3 Å². The van der Waals surface area contributed by atoms with E-state index in [0.717, 1.165) is 12.8 Å². The molecule has 1 aliphatic rings. The number of hydrogen-bond acceptors (Lipinski definition) is 9. The quantitative estimate of drug-likeness (QED) is 0.571. The lowest BCUT2D eigenvalue weighted by atomic mass is 9.95. The number of nitrogens with two attached hydrogens (primary N) is 1. The number of halogens is 1. The van der Waals surface area contributed by atoms with Crippen molar-refractivity contribution in [1.82, 2.24) is 15.0 Å². The Kier molecular flexibility index (Phi) is 6.29. The maximum atomic E-state index is 11.2. The Labute approximate surface area is 189 Å². The van der Waals surface area contributed by atoms with Gasteiger partial charge in [0.25, 0.3) is 0 Å². The second-order valence-electron chi connectivity index (χ2n) is 7.48. The summed E-state index contributed by atoms with van der Waals surface area (Å²) in [5.41, 5.74) is 5.89. The highest BCUT2D eigenvalue weighted by Crippen LogP contribution is 2.40. The number of rotatable bonds is 6. The van der Waals surface area contributed by atoms with Crippen molar-refractivity contribution in [3.05, 3.63) is 51.6 Å². The largest absolute Gasteiger partial charge is 0.488 e. The molecule has 1 aliphatic heterocycles. The van der Waals surface area contributed by atoms with Gasteiger partial charge in [-0.1, -0.05) is 17.7 Å². The summed E-state index contributed by atoms with van der Waals surface area (Å²) in [6.45, 7) is 3.06. The van der Waals surface area contributed by atoms with Crippen LogP contribution in [0.2, 0.25) is 5.02 Å². The maximum Gasteiger partial charge on any atom is 0.222 e. The van der Waals surface area contributed by atoms with Crippen molar-refractivity contribution in [2.45, 2.75) is 31.5 Å². The zero-order valence-electron chi connectivity index (χ0n) is 17.3. The molecule has 2 aromatic heterocycles. The Hall–Kier alpha value is -2.46. The molecule has 0 saturated carbocycles. The molecule has 0 amide bonds. The average molecular weight is 462 g/mol. The Morgan fingerprint density at radius 2 is 2.10 bits per heavy atom. The molecule has 1 unspecified atom stereocenters. The third-order valence-electron chi connectivity index (χ3n) is 5.26. The van der Waals surface area contributed by atoms with E-state index in [9.17, 15) is 5.11 Å². The van der Waals surface area contributed by atoms with Crippen molar-refractivity contribution in [2.75, 3.05) is 30.9 Å². The van der Waals surface area contributed by atoms with Crippen molar-refractivity contribution < 1.29 is 14.6 Å². The van der Waals surface area contributed by atoms with Gasteiger partial charge in [0.1, 0.15) is 27.5 Å². The molecule has 0 aliphatic carbocycles. The van der Waals surface area contributed by atoms with Crippen molar-refractivity contribution in [1.29, 1.82) is 0 Å². The summed E-state index contributed by atoms with van der Waals surface area (Å²) in [7, 11) is 1.82. The lowest BCUT2D eigenvalue weighted by Crippen LogP contribution is -2.27. The Morgan fingerprint density at radius 1 is 1.32 bits per heavy atom. The molecule has 0 spiro atoms. The van der Waals surface area contributed by atoms with E-state index in [-0.39, 0.29) is 12.1 Å². The van der Waals surface area contributed by atoms with Crippen LogP contribution in [0.1, 0.15) is 30.3 Å². The lowest BCUT2D eigenvalue weighted by molar-refractivity contribution is 0.0257. The van der Waals surface area contributed by atoms with E-state index < -0.39 is 5.60 Å². The smallest absolute Gasteiger partial charge is 0.222 e. The highest BCUT2D eigenvalue weighted by molar-refractivity contribution is 7.09. The third-order valence-corrected chi connectivity index (χ3v) is 6.51. The molecular formula is C21H24ClN5O3S. The fourth-order valence-electron chi connectivity index (χ4n) is 3.46. The normalized spacial score (nSPS) is 16.6. The summed E-state index contributed by atoms with van der Waals surface area (Å²) in [5, 5.41) is 14.0. The first kappa shape index (κ1) is 21.8. The fourth-order valence-corrected chi connectivity index (χ4v) is 4.40. The van der Waals surface area contributed by atoms with Gasteiger partial charge in [-0.05, 0) is 24.6 Å². The van der Waals surface area contributed by atoms with Gasteiger partial charge in [-0.3, -0.25) is 0 Å². The second-order valence-corrected chi connectivity index (χ2v) is 8.78. The Bertz CT molecular complexity index is 1040. The van der Waals surface area contributed by atoms with Crippen LogP contribution in [0.4, 0.5) is 17.5 Å². The lowest BCUT2D eigenvalue weighted by Gasteiger charge is -2.29. The SMILES string of the molecule is CN(c1cc(C(C)(O)c2nccs2)ccc1OC1CCOCC1)c1nc(N)ncc1Cl. The molecule has 3 N–H and O–H groups in total. The Morgan fingerprint density at radius 3 is 2.81 bits per heavy atom. The molecule has 8 nitrogen and oxygen atoms in total. The monoisotopic (exact) mass is 461 g/mol. The van der Waals surface area contributed by atoms with Crippen LogP contribution in [0.5, 0.6) is 5.75 Å². The highest BCUT2D eigenvalue weighted by atomic mass is 35.5. The summed E-state index contributed by atoms with van der Waals surface area (Å²) in [6.07, 6.45) is 4.79. The second kappa shape index (κ2) is 8.96. The highest BCUT2D eigenvalue weighted by Gasteiger charge is 2.30. The van der Waals surface area contributed by atoms with Crippen molar-refractivity contribution in [2.24, 2.45) is 0 Å². The molecule has 0 bridgehead atoms. The van der Waals surface area contributed by atoms with E-state index >= 15 is 0 Å². The zero-order chi connectivity index (χ0) is 22.0. The van der Waals surface area contributed by atoms with Gasteiger partial charge in [0, 0.05) is 31.5 Å². The van der Waals surface area contributed by atoms with Crippen molar-refractivity contribution in [3.8, 4) is 5.75 Å². The third kappa shape index (κ3) is 4.59. The molecule has 164 valence electrons. The van der Waals surface area contributed by atoms with E-state index in [0.29, 0.717) is 46.1 Å². The molecular weight excluding hydrogens is 438 g/mol. The standard InChI is InChI=1S/C21H24ClN5O3S/c1-21(28,19-24-7-10-31-19)13-3-4-17(30-14-5-8-29-9-6-14)16(11-13)27(2)18-15(22)12-25-20(23)26-18/h3-4,7,10-12,14,28H,5-6,8-9H2,1-2H3,(H2,23,25,26). The first-order valence-electron chi connectivity index (χ1n) is 9.89. The minimum Gasteiger partial charge on any atom is -0.488 e. The number of hydrogen-bond donors (Lipinski definition) is 2. The van der Waals surface area contributed by atoms with E-state index in [2.05, 4.69) is 15.0 Å². The van der Waals surface area contributed by atoms with E-state index in [1.807, 2.05) is 30.6 Å². The van der Waals surface area contributed by atoms with Crippen molar-refractivity contribution >= 4 is 40.4 Å². The van der Waals surface area contributed by atoms with Crippen molar-refractivity contribution in [3.63, 3.8) is 0 Å². The topological polar surface area (TPSA) is 107 Å². The molecule has 1 aromatic carbocycles. The van der Waals surface area contributed by atoms with Crippen LogP contribution in [-0.4, -0.2) is 46.4 Å². The predicted octanol–water partition coefficient (Wildman–Crippen LogP) is 3.75. The van der Waals surface area contributed by atoms with Gasteiger partial charge >= 0.3 is 0 Å². The van der Waals surface area contributed by atoms with Gasteiger partial charge in [0.2, 0.25) is 5.95 Å². The van der Waals surface area contributed by atoms with E-state index in [1.165, 1.54) is 17.5 Å². The van der Waals surface area contributed by atoms with Gasteiger partial charge in [0.15, 0.2) is 5.82 Å². The number of aliphatic hydroxyl groups is 1. The van der Waals surface area contributed by atoms with Gasteiger partial charge in [-0.2, -0.15) is 4.98 Å². The number of benzene rings is 1. The summed E-state index contributed by atoms with van der Waals surface area (Å²) >= 11 is 7.75. The minimum absolute atomic E-state index is 0.0390.